The van der Waals surface area contributed by atoms with Crippen molar-refractivity contribution in [1.82, 2.24) is 10.2 Å². The first-order chi connectivity index (χ1) is 13.4. The molecule has 2 aromatic rings. The molecule has 0 aliphatic carbocycles. The molecule has 0 fully saturated rings. The normalized spacial score (nSPS) is 13.6. The second kappa shape index (κ2) is 8.53. The maximum absolute atomic E-state index is 12.6. The highest BCUT2D eigenvalue weighted by Gasteiger charge is 2.23. The Hall–Kier alpha value is -2.72. The highest BCUT2D eigenvalue weighted by atomic mass is 32.2. The van der Waals surface area contributed by atoms with Gasteiger partial charge in [-0.3, -0.25) is 14.3 Å². The number of aromatic nitrogens is 2. The smallest absolute Gasteiger partial charge is 0.277 e. The quantitative estimate of drug-likeness (QED) is 0.641. The van der Waals surface area contributed by atoms with Gasteiger partial charge < -0.3 is 10.1 Å². The molecule has 3 rings (SSSR count). The zero-order valence-electron chi connectivity index (χ0n) is 15.4. The number of anilines is 2. The summed E-state index contributed by atoms with van der Waals surface area (Å²) in [5.41, 5.74) is 1.38. The van der Waals surface area contributed by atoms with Gasteiger partial charge >= 0.3 is 0 Å². The van der Waals surface area contributed by atoms with Gasteiger partial charge in [0.05, 0.1) is 24.7 Å². The highest BCUT2D eigenvalue weighted by molar-refractivity contribution is 7.92. The molecule has 1 aromatic heterocycles. The molecule has 1 aromatic carbocycles. The Morgan fingerprint density at radius 3 is 2.68 bits per heavy atom. The van der Waals surface area contributed by atoms with Crippen molar-refractivity contribution >= 4 is 27.3 Å². The first kappa shape index (κ1) is 20.0. The van der Waals surface area contributed by atoms with Crippen molar-refractivity contribution < 1.29 is 17.9 Å². The third-order valence-corrected chi connectivity index (χ3v) is 5.68. The standard InChI is InChI=1S/C18H22N4O5S/c1-2-3-10-28(25,26)22-13-6-4-12(5-7-13)19-17(23)16-14-11-27-9-8-15(14)20-21-18(16)24/h4-7,22H,2-3,8-11H2,1H3,(H,19,23)(H,21,24). The van der Waals surface area contributed by atoms with Crippen LogP contribution in [0.1, 0.15) is 41.4 Å². The highest BCUT2D eigenvalue weighted by Crippen LogP contribution is 2.19. The van der Waals surface area contributed by atoms with Gasteiger partial charge in [-0.05, 0) is 30.7 Å². The van der Waals surface area contributed by atoms with Crippen LogP contribution in [0.2, 0.25) is 0 Å². The van der Waals surface area contributed by atoms with Crippen LogP contribution in [0.5, 0.6) is 0 Å². The zero-order chi connectivity index (χ0) is 20.1. The number of carbonyl (C=O) groups is 1. The number of rotatable bonds is 7. The van der Waals surface area contributed by atoms with Crippen LogP contribution in [0.4, 0.5) is 11.4 Å². The van der Waals surface area contributed by atoms with Crippen LogP contribution >= 0.6 is 0 Å². The molecular formula is C18H22N4O5S. The first-order valence-electron chi connectivity index (χ1n) is 8.99. The number of carbonyl (C=O) groups excluding carboxylic acids is 1. The molecule has 1 amide bonds. The molecule has 0 saturated carbocycles. The van der Waals surface area contributed by atoms with E-state index in [0.29, 0.717) is 42.1 Å². The number of benzene rings is 1. The van der Waals surface area contributed by atoms with Crippen LogP contribution < -0.4 is 15.6 Å². The van der Waals surface area contributed by atoms with Crippen molar-refractivity contribution in [2.75, 3.05) is 22.4 Å². The third-order valence-electron chi connectivity index (χ3n) is 4.31. The molecule has 0 saturated heterocycles. The van der Waals surface area contributed by atoms with Crippen LogP contribution in [0, 0.1) is 0 Å². The van der Waals surface area contributed by atoms with E-state index in [-0.39, 0.29) is 17.9 Å². The van der Waals surface area contributed by atoms with Gasteiger partial charge in [-0.2, -0.15) is 5.10 Å². The molecule has 150 valence electrons. The van der Waals surface area contributed by atoms with E-state index < -0.39 is 21.5 Å². The van der Waals surface area contributed by atoms with Crippen LogP contribution in [0.15, 0.2) is 29.1 Å². The van der Waals surface area contributed by atoms with Crippen molar-refractivity contribution in [1.29, 1.82) is 0 Å². The van der Waals surface area contributed by atoms with Gasteiger partial charge in [-0.25, -0.2) is 13.5 Å². The van der Waals surface area contributed by atoms with Crippen molar-refractivity contribution in [3.8, 4) is 0 Å². The number of amides is 1. The van der Waals surface area contributed by atoms with Crippen molar-refractivity contribution in [3.63, 3.8) is 0 Å². The number of hydrogen-bond acceptors (Lipinski definition) is 6. The predicted octanol–water partition coefficient (Wildman–Crippen LogP) is 1.64. The summed E-state index contributed by atoms with van der Waals surface area (Å²) in [5.74, 6) is -0.512. The summed E-state index contributed by atoms with van der Waals surface area (Å²) in [6, 6.07) is 6.23. The lowest BCUT2D eigenvalue weighted by Crippen LogP contribution is -2.30. The number of H-pyrrole nitrogens is 1. The molecule has 10 heteroatoms. The van der Waals surface area contributed by atoms with Gasteiger partial charge in [0.15, 0.2) is 0 Å². The van der Waals surface area contributed by atoms with Crippen LogP contribution in [-0.2, 0) is 27.8 Å². The minimum atomic E-state index is -3.40. The van der Waals surface area contributed by atoms with E-state index in [2.05, 4.69) is 20.2 Å². The SMILES string of the molecule is CCCCS(=O)(=O)Nc1ccc(NC(=O)c2c3c(n[nH]c2=O)CCOC3)cc1. The largest absolute Gasteiger partial charge is 0.376 e. The summed E-state index contributed by atoms with van der Waals surface area (Å²) in [6.07, 6.45) is 1.89. The van der Waals surface area contributed by atoms with Gasteiger partial charge in [-0.1, -0.05) is 13.3 Å². The molecule has 0 spiro atoms. The molecule has 0 atom stereocenters. The lowest BCUT2D eigenvalue weighted by atomic mass is 10.0. The Kier molecular flexibility index (Phi) is 6.10. The average molecular weight is 406 g/mol. The number of unbranched alkanes of at least 4 members (excludes halogenated alkanes) is 1. The van der Waals surface area contributed by atoms with Gasteiger partial charge in [-0.15, -0.1) is 0 Å². The van der Waals surface area contributed by atoms with Crippen LogP contribution in [0.25, 0.3) is 0 Å². The summed E-state index contributed by atoms with van der Waals surface area (Å²) >= 11 is 0. The molecule has 0 bridgehead atoms. The molecule has 1 aliphatic heterocycles. The predicted molar refractivity (Wildman–Crippen MR) is 105 cm³/mol. The van der Waals surface area contributed by atoms with Crippen LogP contribution in [-0.4, -0.2) is 36.9 Å². The van der Waals surface area contributed by atoms with Crippen molar-refractivity contribution in [2.24, 2.45) is 0 Å². The van der Waals surface area contributed by atoms with Gasteiger partial charge in [0.1, 0.15) is 5.56 Å². The second-order valence-corrected chi connectivity index (χ2v) is 8.30. The first-order valence-corrected chi connectivity index (χ1v) is 10.6. The maximum Gasteiger partial charge on any atom is 0.277 e. The van der Waals surface area contributed by atoms with E-state index in [1.165, 1.54) is 0 Å². The summed E-state index contributed by atoms with van der Waals surface area (Å²) in [4.78, 5) is 24.7. The zero-order valence-corrected chi connectivity index (χ0v) is 16.3. The molecule has 9 nitrogen and oxygen atoms in total. The Morgan fingerprint density at radius 2 is 1.96 bits per heavy atom. The van der Waals surface area contributed by atoms with E-state index >= 15 is 0 Å². The number of sulfonamides is 1. The topological polar surface area (TPSA) is 130 Å². The van der Waals surface area contributed by atoms with Crippen molar-refractivity contribution in [2.45, 2.75) is 32.8 Å². The molecule has 0 radical (unpaired) electrons. The number of nitrogens with one attached hydrogen (secondary N) is 3. The summed E-state index contributed by atoms with van der Waals surface area (Å²) in [6.45, 7) is 2.57. The fourth-order valence-electron chi connectivity index (χ4n) is 2.85. The Labute approximate surface area is 162 Å². The molecule has 2 heterocycles. The second-order valence-electron chi connectivity index (χ2n) is 6.46. The van der Waals surface area contributed by atoms with E-state index in [0.717, 1.165) is 6.42 Å². The van der Waals surface area contributed by atoms with Crippen LogP contribution in [0.3, 0.4) is 0 Å². The molecule has 28 heavy (non-hydrogen) atoms. The van der Waals surface area contributed by atoms with Gasteiger partial charge in [0.2, 0.25) is 10.0 Å². The monoisotopic (exact) mass is 406 g/mol. The average Bonchev–Trinajstić information content (AvgIpc) is 2.67. The van der Waals surface area contributed by atoms with E-state index in [9.17, 15) is 18.0 Å². The van der Waals surface area contributed by atoms with Crippen molar-refractivity contribution in [3.05, 3.63) is 51.4 Å². The number of hydrogen-bond donors (Lipinski definition) is 3. The molecule has 0 unspecified atom stereocenters. The summed E-state index contributed by atoms with van der Waals surface area (Å²) in [5, 5.41) is 8.97. The number of aromatic amines is 1. The van der Waals surface area contributed by atoms with E-state index in [1.807, 2.05) is 6.92 Å². The fourth-order valence-corrected chi connectivity index (χ4v) is 4.11. The summed E-state index contributed by atoms with van der Waals surface area (Å²) in [7, 11) is -3.40. The van der Waals surface area contributed by atoms with Gasteiger partial charge in [0.25, 0.3) is 11.5 Å². The van der Waals surface area contributed by atoms with Gasteiger partial charge in [0, 0.05) is 23.4 Å². The minimum Gasteiger partial charge on any atom is -0.376 e. The lowest BCUT2D eigenvalue weighted by molar-refractivity contribution is 0.0975. The molecular weight excluding hydrogens is 384 g/mol. The molecule has 3 N–H and O–H groups in total. The van der Waals surface area contributed by atoms with E-state index in [4.69, 9.17) is 4.74 Å². The number of ether oxygens (including phenoxy) is 1. The number of nitrogens with zero attached hydrogens (tertiary/aromatic N) is 1. The lowest BCUT2D eigenvalue weighted by Gasteiger charge is -2.17. The number of fused-ring (bicyclic) bond motifs is 1. The summed E-state index contributed by atoms with van der Waals surface area (Å²) < 4.78 is 31.7. The van der Waals surface area contributed by atoms with E-state index in [1.54, 1.807) is 24.3 Å². The Morgan fingerprint density at radius 1 is 1.25 bits per heavy atom. The third kappa shape index (κ3) is 4.76. The Balaban J connectivity index is 1.73. The fraction of sp³-hybridized carbons (Fsp3) is 0.389. The molecule has 1 aliphatic rings. The maximum atomic E-state index is 12.6. The Bertz CT molecular complexity index is 1020. The minimum absolute atomic E-state index is 0.0194.